The van der Waals surface area contributed by atoms with Gasteiger partial charge in [-0.05, 0) is 18.6 Å². The molecule has 8 heteroatoms. The van der Waals surface area contributed by atoms with Gasteiger partial charge in [-0.25, -0.2) is 4.68 Å². The molecule has 0 bridgehead atoms. The summed E-state index contributed by atoms with van der Waals surface area (Å²) < 4.78 is 17.8. The Hall–Kier alpha value is -2.77. The van der Waals surface area contributed by atoms with Crippen LogP contribution in [0.5, 0.6) is 17.2 Å². The highest BCUT2D eigenvalue weighted by atomic mass is 16.5. The SMILES string of the molecule is COc1ccc(C(=O)N2CCC(n3ccnn3)C2)c(OC)c1OC. The number of ether oxygens (including phenoxy) is 3. The first-order chi connectivity index (χ1) is 11.7. The third-order valence-electron chi connectivity index (χ3n) is 4.20. The predicted octanol–water partition coefficient (Wildman–Crippen LogP) is 1.39. The maximum Gasteiger partial charge on any atom is 0.257 e. The number of nitrogens with zero attached hydrogens (tertiary/aromatic N) is 4. The van der Waals surface area contributed by atoms with Crippen LogP contribution in [0.4, 0.5) is 0 Å². The van der Waals surface area contributed by atoms with Crippen LogP contribution >= 0.6 is 0 Å². The van der Waals surface area contributed by atoms with E-state index >= 15 is 0 Å². The summed E-state index contributed by atoms with van der Waals surface area (Å²) in [5.41, 5.74) is 0.453. The van der Waals surface area contributed by atoms with Crippen molar-refractivity contribution in [1.29, 1.82) is 0 Å². The van der Waals surface area contributed by atoms with E-state index in [2.05, 4.69) is 10.3 Å². The van der Waals surface area contributed by atoms with Gasteiger partial charge in [0, 0.05) is 19.3 Å². The van der Waals surface area contributed by atoms with Crippen molar-refractivity contribution in [2.45, 2.75) is 12.5 Å². The number of amides is 1. The number of likely N-dealkylation sites (tertiary alicyclic amines) is 1. The molecule has 8 nitrogen and oxygen atoms in total. The van der Waals surface area contributed by atoms with Crippen LogP contribution in [0.3, 0.4) is 0 Å². The van der Waals surface area contributed by atoms with Crippen molar-refractivity contribution >= 4 is 5.91 Å². The Balaban J connectivity index is 1.85. The molecular formula is C16H20N4O4. The molecule has 0 spiro atoms. The van der Waals surface area contributed by atoms with E-state index in [1.54, 1.807) is 35.0 Å². The van der Waals surface area contributed by atoms with Gasteiger partial charge < -0.3 is 19.1 Å². The Kier molecular flexibility index (Phi) is 4.54. The van der Waals surface area contributed by atoms with E-state index in [0.717, 1.165) is 6.42 Å². The van der Waals surface area contributed by atoms with Gasteiger partial charge in [-0.2, -0.15) is 0 Å². The van der Waals surface area contributed by atoms with Crippen LogP contribution in [0.25, 0.3) is 0 Å². The van der Waals surface area contributed by atoms with Crippen LogP contribution in [-0.4, -0.2) is 60.2 Å². The molecule has 2 aromatic rings. The number of hydrogen-bond acceptors (Lipinski definition) is 6. The summed E-state index contributed by atoms with van der Waals surface area (Å²) in [5.74, 6) is 1.21. The zero-order valence-electron chi connectivity index (χ0n) is 13.9. The van der Waals surface area contributed by atoms with E-state index in [1.165, 1.54) is 14.2 Å². The van der Waals surface area contributed by atoms with Crippen LogP contribution in [0.15, 0.2) is 24.5 Å². The van der Waals surface area contributed by atoms with E-state index < -0.39 is 0 Å². The lowest BCUT2D eigenvalue weighted by atomic mass is 10.1. The third-order valence-corrected chi connectivity index (χ3v) is 4.20. The Morgan fingerprint density at radius 3 is 2.58 bits per heavy atom. The van der Waals surface area contributed by atoms with Crippen molar-refractivity contribution in [2.24, 2.45) is 0 Å². The fourth-order valence-electron chi connectivity index (χ4n) is 2.99. The highest BCUT2D eigenvalue weighted by Crippen LogP contribution is 2.40. The Bertz CT molecular complexity index is 717. The van der Waals surface area contributed by atoms with Gasteiger partial charge in [0.15, 0.2) is 11.5 Å². The van der Waals surface area contributed by atoms with E-state index in [4.69, 9.17) is 14.2 Å². The first-order valence-electron chi connectivity index (χ1n) is 7.63. The number of rotatable bonds is 5. The Labute approximate surface area is 139 Å². The van der Waals surface area contributed by atoms with Crippen LogP contribution in [0.2, 0.25) is 0 Å². The van der Waals surface area contributed by atoms with Crippen molar-refractivity contribution in [2.75, 3.05) is 34.4 Å². The molecule has 1 aliphatic rings. The number of carbonyl (C=O) groups excluding carboxylic acids is 1. The van der Waals surface area contributed by atoms with Gasteiger partial charge in [-0.3, -0.25) is 4.79 Å². The summed E-state index contributed by atoms with van der Waals surface area (Å²) in [6, 6.07) is 3.55. The van der Waals surface area contributed by atoms with Gasteiger partial charge >= 0.3 is 0 Å². The molecule has 1 fully saturated rings. The molecule has 1 aromatic heterocycles. The second-order valence-electron chi connectivity index (χ2n) is 5.46. The zero-order valence-corrected chi connectivity index (χ0v) is 13.9. The van der Waals surface area contributed by atoms with Crippen LogP contribution in [-0.2, 0) is 0 Å². The fraction of sp³-hybridized carbons (Fsp3) is 0.438. The summed E-state index contributed by atoms with van der Waals surface area (Å²) in [6.07, 6.45) is 4.29. The number of methoxy groups -OCH3 is 3. The molecule has 1 aromatic carbocycles. The molecule has 1 amide bonds. The third kappa shape index (κ3) is 2.75. The fourth-order valence-corrected chi connectivity index (χ4v) is 2.99. The summed E-state index contributed by atoms with van der Waals surface area (Å²) >= 11 is 0. The molecule has 24 heavy (non-hydrogen) atoms. The van der Waals surface area contributed by atoms with Crippen LogP contribution < -0.4 is 14.2 Å². The van der Waals surface area contributed by atoms with Gasteiger partial charge in [0.05, 0.1) is 39.1 Å². The normalized spacial score (nSPS) is 17.0. The van der Waals surface area contributed by atoms with Crippen molar-refractivity contribution in [3.05, 3.63) is 30.1 Å². The quantitative estimate of drug-likeness (QED) is 0.823. The molecule has 128 valence electrons. The summed E-state index contributed by atoms with van der Waals surface area (Å²) in [5, 5.41) is 7.84. The summed E-state index contributed by atoms with van der Waals surface area (Å²) in [4.78, 5) is 14.7. The predicted molar refractivity (Wildman–Crippen MR) is 85.7 cm³/mol. The van der Waals surface area contributed by atoms with Crippen molar-refractivity contribution in [3.8, 4) is 17.2 Å². The maximum absolute atomic E-state index is 12.9. The molecule has 1 atom stereocenters. The number of hydrogen-bond donors (Lipinski definition) is 0. The monoisotopic (exact) mass is 332 g/mol. The Morgan fingerprint density at radius 1 is 1.17 bits per heavy atom. The number of carbonyl (C=O) groups is 1. The molecule has 1 saturated heterocycles. The van der Waals surface area contributed by atoms with E-state index in [-0.39, 0.29) is 11.9 Å². The number of benzene rings is 1. The minimum atomic E-state index is -0.101. The highest BCUT2D eigenvalue weighted by molar-refractivity contribution is 5.98. The first-order valence-corrected chi connectivity index (χ1v) is 7.63. The topological polar surface area (TPSA) is 78.7 Å². The van der Waals surface area contributed by atoms with Crippen molar-refractivity contribution in [1.82, 2.24) is 19.9 Å². The van der Waals surface area contributed by atoms with E-state index in [9.17, 15) is 4.79 Å². The average molecular weight is 332 g/mol. The van der Waals surface area contributed by atoms with Gasteiger partial charge in [0.1, 0.15) is 0 Å². The first kappa shape index (κ1) is 16.1. The Morgan fingerprint density at radius 2 is 1.96 bits per heavy atom. The second kappa shape index (κ2) is 6.77. The van der Waals surface area contributed by atoms with E-state index in [0.29, 0.717) is 35.9 Å². The molecule has 3 rings (SSSR count). The summed E-state index contributed by atoms with van der Waals surface area (Å²) in [6.45, 7) is 1.24. The molecule has 2 heterocycles. The molecule has 0 aliphatic carbocycles. The molecule has 1 aliphatic heterocycles. The zero-order chi connectivity index (χ0) is 17.1. The van der Waals surface area contributed by atoms with E-state index in [1.807, 2.05) is 6.20 Å². The lowest BCUT2D eigenvalue weighted by molar-refractivity contribution is 0.0782. The average Bonchev–Trinajstić information content (AvgIpc) is 3.30. The van der Waals surface area contributed by atoms with Crippen molar-refractivity contribution < 1.29 is 19.0 Å². The molecule has 1 unspecified atom stereocenters. The molecule has 0 saturated carbocycles. The molecule has 0 N–H and O–H groups in total. The van der Waals surface area contributed by atoms with Gasteiger partial charge in [0.25, 0.3) is 5.91 Å². The van der Waals surface area contributed by atoms with Gasteiger partial charge in [-0.1, -0.05) is 5.21 Å². The maximum atomic E-state index is 12.9. The standard InChI is InChI=1S/C16H20N4O4/c1-22-13-5-4-12(14(23-2)15(13)24-3)16(21)19-8-6-11(10-19)20-9-7-17-18-20/h4-5,7,9,11H,6,8,10H2,1-3H3. The highest BCUT2D eigenvalue weighted by Gasteiger charge is 2.31. The minimum absolute atomic E-state index is 0.101. The smallest absolute Gasteiger partial charge is 0.257 e. The number of aromatic nitrogens is 3. The lowest BCUT2D eigenvalue weighted by Crippen LogP contribution is -2.29. The van der Waals surface area contributed by atoms with Gasteiger partial charge in [-0.15, -0.1) is 5.10 Å². The molecular weight excluding hydrogens is 312 g/mol. The minimum Gasteiger partial charge on any atom is -0.493 e. The second-order valence-corrected chi connectivity index (χ2v) is 5.46. The van der Waals surface area contributed by atoms with Gasteiger partial charge in [0.2, 0.25) is 5.75 Å². The van der Waals surface area contributed by atoms with Crippen LogP contribution in [0.1, 0.15) is 22.8 Å². The largest absolute Gasteiger partial charge is 0.493 e. The molecule has 0 radical (unpaired) electrons. The van der Waals surface area contributed by atoms with Crippen LogP contribution in [0, 0.1) is 0 Å². The summed E-state index contributed by atoms with van der Waals surface area (Å²) in [7, 11) is 4.57. The lowest BCUT2D eigenvalue weighted by Gasteiger charge is -2.20. The van der Waals surface area contributed by atoms with Crippen molar-refractivity contribution in [3.63, 3.8) is 0 Å².